The fraction of sp³-hybridized carbons (Fsp3) is 0.0213. The van der Waals surface area contributed by atoms with Crippen molar-refractivity contribution in [1.82, 2.24) is 5.32 Å². The van der Waals surface area contributed by atoms with Crippen molar-refractivity contribution >= 4 is 77.1 Å². The summed E-state index contributed by atoms with van der Waals surface area (Å²) < 4.78 is 13.1. The van der Waals surface area contributed by atoms with E-state index in [4.69, 9.17) is 18.8 Å². The van der Waals surface area contributed by atoms with Crippen LogP contribution in [-0.4, -0.2) is 11.7 Å². The lowest BCUT2D eigenvalue weighted by atomic mass is 9.95. The smallest absolute Gasteiger partial charge is 0.159 e. The first kappa shape index (κ1) is 28.8. The Morgan fingerprint density at radius 2 is 1.17 bits per heavy atom. The third-order valence-electron chi connectivity index (χ3n) is 10.3. The summed E-state index contributed by atoms with van der Waals surface area (Å²) >= 11 is 0. The van der Waals surface area contributed by atoms with Crippen molar-refractivity contribution in [3.05, 3.63) is 180 Å². The number of furan rings is 2. The molecule has 5 heteroatoms. The first-order valence-corrected chi connectivity index (χ1v) is 17.5. The summed E-state index contributed by atoms with van der Waals surface area (Å²) in [7, 11) is 0. The van der Waals surface area contributed by atoms with Gasteiger partial charge in [-0.25, -0.2) is 9.98 Å². The Labute approximate surface area is 298 Å². The quantitative estimate of drug-likeness (QED) is 0.203. The molecule has 1 aliphatic rings. The molecule has 52 heavy (non-hydrogen) atoms. The van der Waals surface area contributed by atoms with E-state index in [1.807, 2.05) is 30.3 Å². The number of para-hydroxylation sites is 1. The molecule has 8 aromatic carbocycles. The third-order valence-corrected chi connectivity index (χ3v) is 10.3. The maximum atomic E-state index is 6.90. The second-order valence-corrected chi connectivity index (χ2v) is 13.4. The normalized spacial score (nSPS) is 14.7. The molecule has 1 atom stereocenters. The van der Waals surface area contributed by atoms with Gasteiger partial charge in [0.25, 0.3) is 0 Å². The molecule has 3 heterocycles. The Bertz CT molecular complexity index is 3110. The minimum atomic E-state index is -0.362. The average Bonchev–Trinajstić information content (AvgIpc) is 3.77. The zero-order chi connectivity index (χ0) is 34.2. The van der Waals surface area contributed by atoms with Crippen molar-refractivity contribution in [3.8, 4) is 11.1 Å². The van der Waals surface area contributed by atoms with Crippen LogP contribution in [0.2, 0.25) is 0 Å². The zero-order valence-electron chi connectivity index (χ0n) is 27.9. The van der Waals surface area contributed by atoms with Crippen molar-refractivity contribution in [2.45, 2.75) is 6.17 Å². The second kappa shape index (κ2) is 11.3. The van der Waals surface area contributed by atoms with Crippen LogP contribution < -0.4 is 5.32 Å². The molecule has 11 rings (SSSR count). The van der Waals surface area contributed by atoms with Gasteiger partial charge >= 0.3 is 0 Å². The lowest BCUT2D eigenvalue weighted by Crippen LogP contribution is -2.33. The minimum Gasteiger partial charge on any atom is -0.456 e. The monoisotopic (exact) mass is 667 g/mol. The number of aliphatic imine (C=N–C) groups is 2. The van der Waals surface area contributed by atoms with Gasteiger partial charge in [0.05, 0.1) is 0 Å². The lowest BCUT2D eigenvalue weighted by Gasteiger charge is -2.25. The van der Waals surface area contributed by atoms with Crippen LogP contribution in [-0.2, 0) is 0 Å². The van der Waals surface area contributed by atoms with E-state index in [-0.39, 0.29) is 6.17 Å². The van der Waals surface area contributed by atoms with E-state index in [0.717, 1.165) is 93.7 Å². The van der Waals surface area contributed by atoms with E-state index >= 15 is 0 Å². The van der Waals surface area contributed by atoms with E-state index in [1.165, 1.54) is 5.39 Å². The fourth-order valence-corrected chi connectivity index (χ4v) is 7.84. The van der Waals surface area contributed by atoms with Crippen LogP contribution in [0.4, 0.5) is 0 Å². The second-order valence-electron chi connectivity index (χ2n) is 13.4. The number of amidine groups is 2. The van der Waals surface area contributed by atoms with Gasteiger partial charge in [-0.05, 0) is 69.6 Å². The molecular weight excluding hydrogens is 639 g/mol. The van der Waals surface area contributed by atoms with Gasteiger partial charge in [-0.3, -0.25) is 0 Å². The predicted octanol–water partition coefficient (Wildman–Crippen LogP) is 12.0. The molecule has 10 aromatic rings. The summed E-state index contributed by atoms with van der Waals surface area (Å²) in [5.41, 5.74) is 8.45. The molecular formula is C47H29N3O2. The van der Waals surface area contributed by atoms with Gasteiger partial charge < -0.3 is 14.2 Å². The van der Waals surface area contributed by atoms with E-state index in [0.29, 0.717) is 5.84 Å². The average molecular weight is 668 g/mol. The zero-order valence-corrected chi connectivity index (χ0v) is 27.9. The molecule has 0 spiro atoms. The molecule has 0 aliphatic carbocycles. The number of nitrogens with zero attached hydrogens (tertiary/aromatic N) is 2. The molecule has 0 saturated heterocycles. The van der Waals surface area contributed by atoms with Gasteiger partial charge in [-0.1, -0.05) is 121 Å². The third kappa shape index (κ3) is 4.49. The van der Waals surface area contributed by atoms with Gasteiger partial charge in [0.15, 0.2) is 5.84 Å². The fourth-order valence-electron chi connectivity index (χ4n) is 7.84. The van der Waals surface area contributed by atoms with Gasteiger partial charge in [-0.2, -0.15) is 0 Å². The van der Waals surface area contributed by atoms with Crippen molar-refractivity contribution < 1.29 is 8.83 Å². The number of hydrogen-bond donors (Lipinski definition) is 1. The van der Waals surface area contributed by atoms with Crippen molar-refractivity contribution in [2.24, 2.45) is 9.98 Å². The van der Waals surface area contributed by atoms with Crippen LogP contribution in [0.1, 0.15) is 22.9 Å². The van der Waals surface area contributed by atoms with Crippen LogP contribution in [0, 0.1) is 0 Å². The number of rotatable bonds is 4. The molecule has 1 N–H and O–H groups in total. The van der Waals surface area contributed by atoms with Crippen molar-refractivity contribution in [2.75, 3.05) is 0 Å². The van der Waals surface area contributed by atoms with Crippen LogP contribution in [0.25, 0.3) is 76.5 Å². The summed E-state index contributed by atoms with van der Waals surface area (Å²) in [5.74, 6) is 1.43. The molecule has 0 amide bonds. The topological polar surface area (TPSA) is 63.0 Å². The number of nitrogens with one attached hydrogen (secondary N) is 1. The van der Waals surface area contributed by atoms with Gasteiger partial charge in [-0.15, -0.1) is 0 Å². The summed E-state index contributed by atoms with van der Waals surface area (Å²) in [5, 5.41) is 12.6. The highest BCUT2D eigenvalue weighted by Gasteiger charge is 2.26. The Hall–Kier alpha value is -6.98. The molecule has 1 unspecified atom stereocenters. The Balaban J connectivity index is 1.16. The molecule has 0 saturated carbocycles. The summed E-state index contributed by atoms with van der Waals surface area (Å²) in [6.07, 6.45) is -0.362. The SMILES string of the molecule is c1ccc(C2=NC(c3cccc4ccccc34)NC(c3ccc(-c4ccc5oc6ccccc6c5c4)c4oc5cc6ccccc6cc5c34)=N2)cc1. The van der Waals surface area contributed by atoms with E-state index in [2.05, 4.69) is 139 Å². The van der Waals surface area contributed by atoms with E-state index in [1.54, 1.807) is 0 Å². The molecule has 0 fully saturated rings. The van der Waals surface area contributed by atoms with Crippen LogP contribution >= 0.6 is 0 Å². The van der Waals surface area contributed by atoms with Gasteiger partial charge in [0, 0.05) is 43.8 Å². The molecule has 244 valence electrons. The standard InChI is InChI=1S/C47H29N3O2/c1-2-12-29(13-3-1)45-48-46(36-19-10-16-28-11-6-7-17-33(28)36)50-47(49-45)37-23-22-34(32-21-24-41-38(26-32)35-18-8-9-20-40(35)51-41)44-43(37)39-25-30-14-4-5-15-31(30)27-42(39)52-44/h1-27,46H,(H,48,49,50). The van der Waals surface area contributed by atoms with Crippen LogP contribution in [0.5, 0.6) is 0 Å². The Kier molecular flexibility index (Phi) is 6.25. The first-order chi connectivity index (χ1) is 25.7. The summed E-state index contributed by atoms with van der Waals surface area (Å²) in [4.78, 5) is 10.5. The van der Waals surface area contributed by atoms with Gasteiger partial charge in [0.1, 0.15) is 34.3 Å². The highest BCUT2D eigenvalue weighted by molar-refractivity contribution is 6.25. The summed E-state index contributed by atoms with van der Waals surface area (Å²) in [6.45, 7) is 0. The van der Waals surface area contributed by atoms with Crippen LogP contribution in [0.15, 0.2) is 183 Å². The van der Waals surface area contributed by atoms with Crippen molar-refractivity contribution in [1.29, 1.82) is 0 Å². The first-order valence-electron chi connectivity index (χ1n) is 17.5. The van der Waals surface area contributed by atoms with E-state index in [9.17, 15) is 0 Å². The van der Waals surface area contributed by atoms with Crippen LogP contribution in [0.3, 0.4) is 0 Å². The minimum absolute atomic E-state index is 0.362. The molecule has 5 nitrogen and oxygen atoms in total. The predicted molar refractivity (Wildman–Crippen MR) is 213 cm³/mol. The Morgan fingerprint density at radius 1 is 0.462 bits per heavy atom. The number of benzene rings is 8. The highest BCUT2D eigenvalue weighted by atomic mass is 16.3. The maximum absolute atomic E-state index is 6.90. The lowest BCUT2D eigenvalue weighted by molar-refractivity contribution is 0.668. The number of hydrogen-bond acceptors (Lipinski definition) is 5. The summed E-state index contributed by atoms with van der Waals surface area (Å²) in [6, 6.07) is 56.8. The molecule has 0 bridgehead atoms. The largest absolute Gasteiger partial charge is 0.456 e. The van der Waals surface area contributed by atoms with Crippen molar-refractivity contribution in [3.63, 3.8) is 0 Å². The van der Waals surface area contributed by atoms with E-state index < -0.39 is 0 Å². The molecule has 0 radical (unpaired) electrons. The Morgan fingerprint density at radius 3 is 2.06 bits per heavy atom. The molecule has 1 aliphatic heterocycles. The van der Waals surface area contributed by atoms with Gasteiger partial charge in [0.2, 0.25) is 0 Å². The molecule has 2 aromatic heterocycles. The maximum Gasteiger partial charge on any atom is 0.159 e. The number of fused-ring (bicyclic) bond motifs is 8. The highest BCUT2D eigenvalue weighted by Crippen LogP contribution is 2.42.